The van der Waals surface area contributed by atoms with Crippen LogP contribution in [0.25, 0.3) is 0 Å². The van der Waals surface area contributed by atoms with E-state index in [1.807, 2.05) is 6.92 Å². The van der Waals surface area contributed by atoms with Crippen molar-refractivity contribution in [3.05, 3.63) is 28.2 Å². The molecule has 0 saturated heterocycles. The fourth-order valence-electron chi connectivity index (χ4n) is 1.58. The Morgan fingerprint density at radius 2 is 2.11 bits per heavy atom. The third-order valence-corrected chi connectivity index (χ3v) is 3.72. The van der Waals surface area contributed by atoms with Crippen molar-refractivity contribution in [3.63, 3.8) is 0 Å². The van der Waals surface area contributed by atoms with Crippen molar-refractivity contribution in [1.82, 2.24) is 5.32 Å². The monoisotopic (exact) mass is 328 g/mol. The van der Waals surface area contributed by atoms with Gasteiger partial charge < -0.3 is 16.2 Å². The van der Waals surface area contributed by atoms with Crippen LogP contribution in [0.4, 0.5) is 5.69 Å². The van der Waals surface area contributed by atoms with Crippen molar-refractivity contribution >= 4 is 33.5 Å². The van der Waals surface area contributed by atoms with E-state index in [0.717, 1.165) is 0 Å². The molecule has 0 aliphatic rings. The molecule has 104 valence electrons. The average molecular weight is 329 g/mol. The predicted octanol–water partition coefficient (Wildman–Crippen LogP) is 2.26. The number of nitrogens with one attached hydrogen (secondary N) is 1. The van der Waals surface area contributed by atoms with Gasteiger partial charge in [-0.1, -0.05) is 20.3 Å². The average Bonchev–Trinajstić information content (AvgIpc) is 2.37. The van der Waals surface area contributed by atoms with Crippen molar-refractivity contribution in [2.75, 3.05) is 5.73 Å². The molecule has 6 heteroatoms. The normalized spacial score (nSPS) is 13.6. The summed E-state index contributed by atoms with van der Waals surface area (Å²) < 4.78 is 0.607. The van der Waals surface area contributed by atoms with Crippen LogP contribution in [0.5, 0.6) is 0 Å². The highest BCUT2D eigenvalue weighted by Crippen LogP contribution is 2.20. The largest absolute Gasteiger partial charge is 0.480 e. The summed E-state index contributed by atoms with van der Waals surface area (Å²) in [5, 5.41) is 11.7. The summed E-state index contributed by atoms with van der Waals surface area (Å²) in [6.45, 7) is 3.67. The number of benzene rings is 1. The summed E-state index contributed by atoms with van der Waals surface area (Å²) in [6, 6.07) is 3.83. The summed E-state index contributed by atoms with van der Waals surface area (Å²) in [5.41, 5.74) is 6.53. The summed E-state index contributed by atoms with van der Waals surface area (Å²) in [5.74, 6) is -1.59. The second-order valence-electron chi connectivity index (χ2n) is 4.41. The first kappa shape index (κ1) is 15.5. The first-order valence-electron chi connectivity index (χ1n) is 5.95. The third kappa shape index (κ3) is 3.96. The summed E-state index contributed by atoms with van der Waals surface area (Å²) in [6.07, 6.45) is 0.669. The maximum atomic E-state index is 12.0. The molecule has 1 amide bonds. The lowest BCUT2D eigenvalue weighted by atomic mass is 9.99. The van der Waals surface area contributed by atoms with Gasteiger partial charge in [0.25, 0.3) is 5.91 Å². The first-order valence-corrected chi connectivity index (χ1v) is 6.74. The topological polar surface area (TPSA) is 92.4 Å². The molecule has 1 aromatic rings. The fourth-order valence-corrected chi connectivity index (χ4v) is 1.95. The number of anilines is 1. The van der Waals surface area contributed by atoms with Gasteiger partial charge in [-0.2, -0.15) is 0 Å². The fraction of sp³-hybridized carbons (Fsp3) is 0.385. The Bertz CT molecular complexity index is 491. The molecule has 0 fully saturated rings. The minimum absolute atomic E-state index is 0.140. The Labute approximate surface area is 120 Å². The number of aliphatic carboxylic acids is 1. The standard InChI is InChI=1S/C13H17BrN2O3/c1-3-7(2)11(13(18)19)16-12(17)8-4-5-10(15)9(14)6-8/h4-7,11H,3,15H2,1-2H3,(H,16,17)(H,18,19). The quantitative estimate of drug-likeness (QED) is 0.723. The van der Waals surface area contributed by atoms with Gasteiger partial charge in [0.15, 0.2) is 0 Å². The number of amides is 1. The highest BCUT2D eigenvalue weighted by molar-refractivity contribution is 9.10. The van der Waals surface area contributed by atoms with E-state index in [1.165, 1.54) is 0 Å². The maximum Gasteiger partial charge on any atom is 0.326 e. The molecule has 4 N–H and O–H groups in total. The molecule has 0 aromatic heterocycles. The maximum absolute atomic E-state index is 12.0. The van der Waals surface area contributed by atoms with Gasteiger partial charge in [0, 0.05) is 15.7 Å². The summed E-state index contributed by atoms with van der Waals surface area (Å²) >= 11 is 3.23. The number of carbonyl (C=O) groups is 2. The number of nitrogen functional groups attached to an aromatic ring is 1. The number of hydrogen-bond donors (Lipinski definition) is 3. The SMILES string of the molecule is CCC(C)C(NC(=O)c1ccc(N)c(Br)c1)C(=O)O. The number of nitrogens with two attached hydrogens (primary N) is 1. The second kappa shape index (κ2) is 6.56. The van der Waals surface area contributed by atoms with Crippen molar-refractivity contribution in [1.29, 1.82) is 0 Å². The van der Waals surface area contributed by atoms with Crippen LogP contribution in [0.15, 0.2) is 22.7 Å². The highest BCUT2D eigenvalue weighted by Gasteiger charge is 2.25. The molecule has 2 atom stereocenters. The zero-order valence-electron chi connectivity index (χ0n) is 10.8. The second-order valence-corrected chi connectivity index (χ2v) is 5.27. The molecule has 19 heavy (non-hydrogen) atoms. The summed E-state index contributed by atoms with van der Waals surface area (Å²) in [7, 11) is 0. The Hall–Kier alpha value is -1.56. The van der Waals surface area contributed by atoms with Crippen molar-refractivity contribution in [2.45, 2.75) is 26.3 Å². The van der Waals surface area contributed by atoms with Gasteiger partial charge in [-0.25, -0.2) is 4.79 Å². The minimum Gasteiger partial charge on any atom is -0.480 e. The van der Waals surface area contributed by atoms with Crippen LogP contribution in [0.1, 0.15) is 30.6 Å². The molecule has 1 rings (SSSR count). The van der Waals surface area contributed by atoms with Gasteiger partial charge in [0.1, 0.15) is 6.04 Å². The zero-order valence-corrected chi connectivity index (χ0v) is 12.4. The predicted molar refractivity (Wildman–Crippen MR) is 76.9 cm³/mol. The molecule has 0 aliphatic heterocycles. The van der Waals surface area contributed by atoms with E-state index in [4.69, 9.17) is 10.8 Å². The Kier molecular flexibility index (Phi) is 5.35. The Morgan fingerprint density at radius 1 is 1.47 bits per heavy atom. The van der Waals surface area contributed by atoms with Crippen LogP contribution >= 0.6 is 15.9 Å². The van der Waals surface area contributed by atoms with Crippen molar-refractivity contribution in [2.24, 2.45) is 5.92 Å². The lowest BCUT2D eigenvalue weighted by Gasteiger charge is -2.20. The number of carboxylic acids is 1. The smallest absolute Gasteiger partial charge is 0.326 e. The molecule has 0 aliphatic carbocycles. The van der Waals surface area contributed by atoms with Gasteiger partial charge >= 0.3 is 5.97 Å². The van der Waals surface area contributed by atoms with Gasteiger partial charge in [0.2, 0.25) is 0 Å². The van der Waals surface area contributed by atoms with Crippen molar-refractivity contribution in [3.8, 4) is 0 Å². The molecule has 1 aromatic carbocycles. The van der Waals surface area contributed by atoms with Crippen molar-refractivity contribution < 1.29 is 14.7 Å². The van der Waals surface area contributed by atoms with E-state index >= 15 is 0 Å². The number of carboxylic acid groups (broad SMARTS) is 1. The van der Waals surface area contributed by atoms with Crippen LogP contribution in [-0.2, 0) is 4.79 Å². The first-order chi connectivity index (χ1) is 8.86. The highest BCUT2D eigenvalue weighted by atomic mass is 79.9. The van der Waals surface area contributed by atoms with Crippen LogP contribution < -0.4 is 11.1 Å². The molecular formula is C13H17BrN2O3. The van der Waals surface area contributed by atoms with Crippen LogP contribution in [0, 0.1) is 5.92 Å². The minimum atomic E-state index is -1.03. The Balaban J connectivity index is 2.87. The Morgan fingerprint density at radius 3 is 2.58 bits per heavy atom. The van der Waals surface area contributed by atoms with Crippen LogP contribution in [-0.4, -0.2) is 23.0 Å². The van der Waals surface area contributed by atoms with Crippen LogP contribution in [0.3, 0.4) is 0 Å². The third-order valence-electron chi connectivity index (χ3n) is 3.03. The molecule has 0 bridgehead atoms. The zero-order chi connectivity index (χ0) is 14.6. The molecule has 2 unspecified atom stereocenters. The lowest BCUT2D eigenvalue weighted by Crippen LogP contribution is -2.45. The van der Waals surface area contributed by atoms with Gasteiger partial charge in [-0.05, 0) is 40.0 Å². The van der Waals surface area contributed by atoms with E-state index in [9.17, 15) is 9.59 Å². The van der Waals surface area contributed by atoms with Gasteiger partial charge in [-0.3, -0.25) is 4.79 Å². The number of hydrogen-bond acceptors (Lipinski definition) is 3. The van der Waals surface area contributed by atoms with E-state index in [0.29, 0.717) is 22.1 Å². The lowest BCUT2D eigenvalue weighted by molar-refractivity contribution is -0.140. The molecule has 0 heterocycles. The number of halogens is 1. The molecule has 5 nitrogen and oxygen atoms in total. The van der Waals surface area contributed by atoms with Gasteiger partial charge in [-0.15, -0.1) is 0 Å². The van der Waals surface area contributed by atoms with Crippen LogP contribution in [0.2, 0.25) is 0 Å². The van der Waals surface area contributed by atoms with E-state index in [2.05, 4.69) is 21.2 Å². The summed E-state index contributed by atoms with van der Waals surface area (Å²) in [4.78, 5) is 23.2. The molecular weight excluding hydrogens is 312 g/mol. The molecule has 0 saturated carbocycles. The van der Waals surface area contributed by atoms with E-state index in [1.54, 1.807) is 25.1 Å². The van der Waals surface area contributed by atoms with E-state index < -0.39 is 17.9 Å². The number of carbonyl (C=O) groups excluding carboxylic acids is 1. The van der Waals surface area contributed by atoms with E-state index in [-0.39, 0.29) is 5.92 Å². The van der Waals surface area contributed by atoms with Gasteiger partial charge in [0.05, 0.1) is 0 Å². The number of rotatable bonds is 5. The molecule has 0 radical (unpaired) electrons. The molecule has 0 spiro atoms.